The number of amides is 1. The Hall–Kier alpha value is -1.85. The lowest BCUT2D eigenvalue weighted by molar-refractivity contribution is -0.129. The first-order chi connectivity index (χ1) is 9.02. The zero-order chi connectivity index (χ0) is 14.0. The van der Waals surface area contributed by atoms with Crippen LogP contribution in [0.25, 0.3) is 0 Å². The van der Waals surface area contributed by atoms with Gasteiger partial charge in [-0.25, -0.2) is 9.97 Å². The molecule has 6 nitrogen and oxygen atoms in total. The van der Waals surface area contributed by atoms with Crippen molar-refractivity contribution in [2.45, 2.75) is 26.7 Å². The Morgan fingerprint density at radius 2 is 2.05 bits per heavy atom. The minimum absolute atomic E-state index is 0.111. The second-order valence-electron chi connectivity index (χ2n) is 4.96. The largest absolute Gasteiger partial charge is 0.383 e. The van der Waals surface area contributed by atoms with Crippen LogP contribution in [-0.4, -0.2) is 47.5 Å². The summed E-state index contributed by atoms with van der Waals surface area (Å²) in [5, 5.41) is 0. The number of hydrogen-bond donors (Lipinski definition) is 1. The monoisotopic (exact) mass is 263 g/mol. The van der Waals surface area contributed by atoms with Gasteiger partial charge >= 0.3 is 0 Å². The molecule has 19 heavy (non-hydrogen) atoms. The van der Waals surface area contributed by atoms with E-state index in [2.05, 4.69) is 16.9 Å². The molecular weight excluding hydrogens is 242 g/mol. The molecule has 1 saturated heterocycles. The molecule has 2 heterocycles. The van der Waals surface area contributed by atoms with Gasteiger partial charge in [0.2, 0.25) is 5.91 Å². The van der Waals surface area contributed by atoms with Crippen LogP contribution >= 0.6 is 0 Å². The number of aryl methyl sites for hydroxylation is 1. The molecule has 6 heteroatoms. The fourth-order valence-corrected chi connectivity index (χ4v) is 2.15. The van der Waals surface area contributed by atoms with Crippen molar-refractivity contribution >= 4 is 17.5 Å². The summed E-state index contributed by atoms with van der Waals surface area (Å²) in [5.41, 5.74) is 6.81. The molecule has 0 aliphatic carbocycles. The molecule has 2 N–H and O–H groups in total. The smallest absolute Gasteiger partial charge is 0.241 e. The van der Waals surface area contributed by atoms with Gasteiger partial charge in [-0.1, -0.05) is 6.92 Å². The van der Waals surface area contributed by atoms with E-state index in [9.17, 15) is 4.79 Å². The standard InChI is InChI=1S/C13H21N5O/c1-4-5-10-15-12(14)9(2)13(16-10)18-7-6-17(3)11(19)8-18/h4-8H2,1-3H3,(H2,14,15,16). The summed E-state index contributed by atoms with van der Waals surface area (Å²) >= 11 is 0. The zero-order valence-electron chi connectivity index (χ0n) is 11.8. The second-order valence-corrected chi connectivity index (χ2v) is 4.96. The van der Waals surface area contributed by atoms with E-state index in [-0.39, 0.29) is 5.91 Å². The van der Waals surface area contributed by atoms with E-state index in [0.29, 0.717) is 18.9 Å². The van der Waals surface area contributed by atoms with Gasteiger partial charge < -0.3 is 15.5 Å². The number of aromatic nitrogens is 2. The normalized spacial score (nSPS) is 16.1. The first-order valence-corrected chi connectivity index (χ1v) is 6.64. The molecule has 0 unspecified atom stereocenters. The number of nitrogen functional groups attached to an aromatic ring is 1. The second kappa shape index (κ2) is 5.42. The van der Waals surface area contributed by atoms with Crippen LogP contribution in [0.1, 0.15) is 24.7 Å². The number of hydrogen-bond acceptors (Lipinski definition) is 5. The third-order valence-corrected chi connectivity index (χ3v) is 3.43. The Labute approximate surface area is 113 Å². The van der Waals surface area contributed by atoms with Crippen LogP contribution in [-0.2, 0) is 11.2 Å². The maximum absolute atomic E-state index is 11.8. The highest BCUT2D eigenvalue weighted by atomic mass is 16.2. The first kappa shape index (κ1) is 13.6. The zero-order valence-corrected chi connectivity index (χ0v) is 11.8. The van der Waals surface area contributed by atoms with Crippen LogP contribution in [0.2, 0.25) is 0 Å². The van der Waals surface area contributed by atoms with E-state index in [0.717, 1.165) is 36.6 Å². The van der Waals surface area contributed by atoms with Crippen molar-refractivity contribution in [3.63, 3.8) is 0 Å². The molecule has 1 amide bonds. The van der Waals surface area contributed by atoms with Crippen molar-refractivity contribution in [1.29, 1.82) is 0 Å². The SMILES string of the molecule is CCCc1nc(N)c(C)c(N2CCN(C)C(=O)C2)n1. The van der Waals surface area contributed by atoms with E-state index >= 15 is 0 Å². The lowest BCUT2D eigenvalue weighted by atomic mass is 10.2. The molecule has 1 aromatic heterocycles. The molecule has 0 aromatic carbocycles. The highest BCUT2D eigenvalue weighted by molar-refractivity contribution is 5.82. The minimum Gasteiger partial charge on any atom is -0.383 e. The quantitative estimate of drug-likeness (QED) is 0.864. The summed E-state index contributed by atoms with van der Waals surface area (Å²) in [4.78, 5) is 24.4. The van der Waals surface area contributed by atoms with Gasteiger partial charge in [0.05, 0.1) is 6.54 Å². The molecule has 2 rings (SSSR count). The Kier molecular flexibility index (Phi) is 3.87. The van der Waals surface area contributed by atoms with Crippen molar-refractivity contribution < 1.29 is 4.79 Å². The Balaban J connectivity index is 2.30. The van der Waals surface area contributed by atoms with Gasteiger partial charge in [0.15, 0.2) is 0 Å². The Morgan fingerprint density at radius 1 is 1.32 bits per heavy atom. The van der Waals surface area contributed by atoms with Crippen molar-refractivity contribution in [3.05, 3.63) is 11.4 Å². The molecule has 0 saturated carbocycles. The summed E-state index contributed by atoms with van der Waals surface area (Å²) in [6.45, 7) is 5.84. The van der Waals surface area contributed by atoms with Crippen molar-refractivity contribution in [1.82, 2.24) is 14.9 Å². The average molecular weight is 263 g/mol. The van der Waals surface area contributed by atoms with E-state index in [1.54, 1.807) is 4.90 Å². The summed E-state index contributed by atoms with van der Waals surface area (Å²) in [7, 11) is 1.82. The molecular formula is C13H21N5O. The maximum atomic E-state index is 11.8. The van der Waals surface area contributed by atoms with Crippen LogP contribution < -0.4 is 10.6 Å². The summed E-state index contributed by atoms with van der Waals surface area (Å²) in [6.07, 6.45) is 1.78. The van der Waals surface area contributed by atoms with Gasteiger partial charge in [-0.2, -0.15) is 0 Å². The molecule has 0 spiro atoms. The lowest BCUT2D eigenvalue weighted by Crippen LogP contribution is -2.49. The predicted molar refractivity (Wildman–Crippen MR) is 75.0 cm³/mol. The van der Waals surface area contributed by atoms with Crippen molar-refractivity contribution in [2.75, 3.05) is 37.3 Å². The van der Waals surface area contributed by atoms with E-state index < -0.39 is 0 Å². The molecule has 1 aliphatic rings. The van der Waals surface area contributed by atoms with Crippen LogP contribution in [0.4, 0.5) is 11.6 Å². The van der Waals surface area contributed by atoms with Gasteiger partial charge in [-0.15, -0.1) is 0 Å². The minimum atomic E-state index is 0.111. The van der Waals surface area contributed by atoms with Crippen LogP contribution in [0.3, 0.4) is 0 Å². The van der Waals surface area contributed by atoms with Gasteiger partial charge in [-0.05, 0) is 13.3 Å². The van der Waals surface area contributed by atoms with Gasteiger partial charge in [0, 0.05) is 32.1 Å². The van der Waals surface area contributed by atoms with Crippen molar-refractivity contribution in [3.8, 4) is 0 Å². The summed E-state index contributed by atoms with van der Waals surface area (Å²) in [5.74, 6) is 2.18. The number of likely N-dealkylation sites (N-methyl/N-ethyl adjacent to an activating group) is 1. The molecule has 0 bridgehead atoms. The molecule has 104 valence electrons. The van der Waals surface area contributed by atoms with Crippen molar-refractivity contribution in [2.24, 2.45) is 0 Å². The number of carbonyl (C=O) groups excluding carboxylic acids is 1. The van der Waals surface area contributed by atoms with Crippen LogP contribution in [0, 0.1) is 6.92 Å². The molecule has 0 atom stereocenters. The Morgan fingerprint density at radius 3 is 2.68 bits per heavy atom. The maximum Gasteiger partial charge on any atom is 0.241 e. The molecule has 1 aromatic rings. The third-order valence-electron chi connectivity index (χ3n) is 3.43. The molecule has 1 aliphatic heterocycles. The van der Waals surface area contributed by atoms with E-state index in [1.165, 1.54) is 0 Å². The van der Waals surface area contributed by atoms with Gasteiger partial charge in [0.1, 0.15) is 17.5 Å². The highest BCUT2D eigenvalue weighted by Gasteiger charge is 2.24. The number of nitrogens with zero attached hydrogens (tertiary/aromatic N) is 4. The highest BCUT2D eigenvalue weighted by Crippen LogP contribution is 2.23. The number of piperazine rings is 1. The number of nitrogens with two attached hydrogens (primary N) is 1. The lowest BCUT2D eigenvalue weighted by Gasteiger charge is -2.33. The molecule has 0 radical (unpaired) electrons. The number of carbonyl (C=O) groups is 1. The average Bonchev–Trinajstić information content (AvgIpc) is 2.37. The fraction of sp³-hybridized carbons (Fsp3) is 0.615. The first-order valence-electron chi connectivity index (χ1n) is 6.64. The third kappa shape index (κ3) is 2.77. The Bertz CT molecular complexity index is 488. The van der Waals surface area contributed by atoms with Crippen LogP contribution in [0.15, 0.2) is 0 Å². The van der Waals surface area contributed by atoms with E-state index in [4.69, 9.17) is 5.73 Å². The van der Waals surface area contributed by atoms with Crippen LogP contribution in [0.5, 0.6) is 0 Å². The topological polar surface area (TPSA) is 75.3 Å². The summed E-state index contributed by atoms with van der Waals surface area (Å²) in [6, 6.07) is 0. The number of anilines is 2. The summed E-state index contributed by atoms with van der Waals surface area (Å²) < 4.78 is 0. The fourth-order valence-electron chi connectivity index (χ4n) is 2.15. The predicted octanol–water partition coefficient (Wildman–Crippen LogP) is 0.598. The van der Waals surface area contributed by atoms with Gasteiger partial charge in [-0.3, -0.25) is 4.79 Å². The molecule has 1 fully saturated rings. The number of rotatable bonds is 3. The van der Waals surface area contributed by atoms with E-state index in [1.807, 2.05) is 18.9 Å². The van der Waals surface area contributed by atoms with Gasteiger partial charge in [0.25, 0.3) is 0 Å².